The maximum atomic E-state index is 12.0. The predicted molar refractivity (Wildman–Crippen MR) is 86.6 cm³/mol. The Morgan fingerprint density at radius 2 is 2.24 bits per heavy atom. The Hall–Kier alpha value is -1.07. The number of hydrogen-bond acceptors (Lipinski definition) is 3. The third-order valence-corrected chi connectivity index (χ3v) is 4.97. The zero-order chi connectivity index (χ0) is 14.8. The van der Waals surface area contributed by atoms with Crippen LogP contribution in [0.5, 0.6) is 5.75 Å². The third kappa shape index (κ3) is 3.09. The number of likely N-dealkylation sites (N-methyl/N-ethyl adjacent to an activating group) is 1. The van der Waals surface area contributed by atoms with Crippen LogP contribution in [0.1, 0.15) is 44.2 Å². The fourth-order valence-electron chi connectivity index (χ4n) is 2.90. The highest BCUT2D eigenvalue weighted by Gasteiger charge is 2.31. The molecule has 1 aromatic carbocycles. The molecule has 1 aliphatic carbocycles. The van der Waals surface area contributed by atoms with Crippen molar-refractivity contribution in [2.45, 2.75) is 38.6 Å². The highest BCUT2D eigenvalue weighted by atomic mass is 79.9. The predicted octanol–water partition coefficient (Wildman–Crippen LogP) is 3.62. The smallest absolute Gasteiger partial charge is 0.246 e. The lowest BCUT2D eigenvalue weighted by atomic mass is 9.83. The summed E-state index contributed by atoms with van der Waals surface area (Å²) in [6.07, 6.45) is 5.17. The Balaban J connectivity index is 1.69. The first-order valence-electron chi connectivity index (χ1n) is 7.69. The number of halogens is 1. The number of hydrogen-bond donors (Lipinski definition) is 2. The molecule has 1 heterocycles. The zero-order valence-corrected chi connectivity index (χ0v) is 13.8. The number of anilines is 1. The molecule has 5 heteroatoms. The van der Waals surface area contributed by atoms with Gasteiger partial charge < -0.3 is 15.4 Å². The van der Waals surface area contributed by atoms with Gasteiger partial charge in [-0.3, -0.25) is 4.79 Å². The first-order valence-corrected chi connectivity index (χ1v) is 8.49. The number of benzene rings is 1. The van der Waals surface area contributed by atoms with Crippen molar-refractivity contribution >= 4 is 27.5 Å². The molecule has 1 amide bonds. The number of ether oxygens (including phenoxy) is 1. The van der Waals surface area contributed by atoms with Crippen LogP contribution in [0.25, 0.3) is 0 Å². The molecule has 4 nitrogen and oxygen atoms in total. The van der Waals surface area contributed by atoms with Crippen LogP contribution in [-0.4, -0.2) is 19.1 Å². The van der Waals surface area contributed by atoms with Crippen molar-refractivity contribution < 1.29 is 9.53 Å². The van der Waals surface area contributed by atoms with E-state index in [1.807, 2.05) is 19.1 Å². The second-order valence-corrected chi connectivity index (χ2v) is 6.64. The van der Waals surface area contributed by atoms with Crippen LogP contribution in [0.15, 0.2) is 16.6 Å². The molecule has 0 bridgehead atoms. The lowest BCUT2D eigenvalue weighted by Crippen LogP contribution is -2.27. The minimum absolute atomic E-state index is 0.00497. The summed E-state index contributed by atoms with van der Waals surface area (Å²) in [7, 11) is 0. The third-order valence-electron chi connectivity index (χ3n) is 4.35. The fourth-order valence-corrected chi connectivity index (χ4v) is 3.37. The molecule has 0 aromatic heterocycles. The van der Waals surface area contributed by atoms with Gasteiger partial charge in [-0.05, 0) is 40.9 Å². The van der Waals surface area contributed by atoms with Crippen LogP contribution >= 0.6 is 15.9 Å². The van der Waals surface area contributed by atoms with E-state index < -0.39 is 0 Å². The van der Waals surface area contributed by atoms with Crippen LogP contribution in [0.4, 0.5) is 5.69 Å². The lowest BCUT2D eigenvalue weighted by Gasteiger charge is -2.25. The number of nitrogens with one attached hydrogen (secondary N) is 2. The van der Waals surface area contributed by atoms with E-state index in [0.717, 1.165) is 47.0 Å². The molecule has 2 aliphatic rings. The highest BCUT2D eigenvalue weighted by molar-refractivity contribution is 9.10. The van der Waals surface area contributed by atoms with Crippen LogP contribution in [-0.2, 0) is 4.79 Å². The molecular weight excluding hydrogens is 332 g/mol. The van der Waals surface area contributed by atoms with E-state index in [1.54, 1.807) is 0 Å². The van der Waals surface area contributed by atoms with E-state index in [-0.39, 0.29) is 11.9 Å². The molecule has 0 radical (unpaired) electrons. The van der Waals surface area contributed by atoms with Crippen molar-refractivity contribution in [2.75, 3.05) is 18.5 Å². The Labute approximate surface area is 133 Å². The van der Waals surface area contributed by atoms with Gasteiger partial charge in [0.1, 0.15) is 11.8 Å². The Morgan fingerprint density at radius 1 is 1.43 bits per heavy atom. The normalized spacial score (nSPS) is 20.9. The molecule has 1 aromatic rings. The van der Waals surface area contributed by atoms with Gasteiger partial charge >= 0.3 is 0 Å². The van der Waals surface area contributed by atoms with Gasteiger partial charge in [-0.2, -0.15) is 0 Å². The molecule has 1 aliphatic heterocycles. The summed E-state index contributed by atoms with van der Waals surface area (Å²) in [6.45, 7) is 3.50. The van der Waals surface area contributed by atoms with Gasteiger partial charge in [0.2, 0.25) is 5.91 Å². The average Bonchev–Trinajstić information content (AvgIpc) is 2.69. The number of fused-ring (bicyclic) bond motifs is 1. The summed E-state index contributed by atoms with van der Waals surface area (Å²) < 4.78 is 6.79. The molecule has 2 N–H and O–H groups in total. The summed E-state index contributed by atoms with van der Waals surface area (Å²) in [5.41, 5.74) is 1.84. The largest absolute Gasteiger partial charge is 0.492 e. The lowest BCUT2D eigenvalue weighted by molar-refractivity contribution is -0.117. The van der Waals surface area contributed by atoms with Gasteiger partial charge in [0.25, 0.3) is 0 Å². The molecule has 1 atom stereocenters. The molecule has 21 heavy (non-hydrogen) atoms. The van der Waals surface area contributed by atoms with Gasteiger partial charge in [0, 0.05) is 17.3 Å². The van der Waals surface area contributed by atoms with E-state index >= 15 is 0 Å². The first kappa shape index (κ1) is 14.9. The van der Waals surface area contributed by atoms with Gasteiger partial charge in [0.05, 0.1) is 11.1 Å². The van der Waals surface area contributed by atoms with Crippen molar-refractivity contribution in [1.82, 2.24) is 5.32 Å². The van der Waals surface area contributed by atoms with Crippen molar-refractivity contribution in [3.63, 3.8) is 0 Å². The minimum Gasteiger partial charge on any atom is -0.492 e. The van der Waals surface area contributed by atoms with E-state index in [9.17, 15) is 4.79 Å². The number of carbonyl (C=O) groups is 1. The Morgan fingerprint density at radius 3 is 2.90 bits per heavy atom. The maximum Gasteiger partial charge on any atom is 0.246 e. The Bertz CT molecular complexity index is 543. The zero-order valence-electron chi connectivity index (χ0n) is 12.2. The van der Waals surface area contributed by atoms with Crippen LogP contribution in [0.3, 0.4) is 0 Å². The molecule has 0 saturated heterocycles. The van der Waals surface area contributed by atoms with Crippen molar-refractivity contribution in [3.05, 3.63) is 22.2 Å². The molecule has 1 fully saturated rings. The summed E-state index contributed by atoms with van der Waals surface area (Å²) in [6, 6.07) is 3.65. The number of carbonyl (C=O) groups excluding carboxylic acids is 1. The van der Waals surface area contributed by atoms with E-state index in [1.165, 1.54) is 19.3 Å². The summed E-state index contributed by atoms with van der Waals surface area (Å²) in [4.78, 5) is 12.0. The maximum absolute atomic E-state index is 12.0. The Kier molecular flexibility index (Phi) is 4.50. The topological polar surface area (TPSA) is 50.4 Å². The standard InChI is InChI=1S/C16H21BrN2O2/c1-2-18-15-11-8-12(17)14(9-13(11)19-16(15)20)21-7-6-10-4-3-5-10/h8-10,15,18H,2-7H2,1H3,(H,19,20). The summed E-state index contributed by atoms with van der Waals surface area (Å²) in [5.74, 6) is 1.66. The highest BCUT2D eigenvalue weighted by Crippen LogP contribution is 2.39. The van der Waals surface area contributed by atoms with E-state index in [4.69, 9.17) is 4.74 Å². The second kappa shape index (κ2) is 6.36. The minimum atomic E-state index is -0.259. The van der Waals surface area contributed by atoms with Gasteiger partial charge in [-0.1, -0.05) is 26.2 Å². The molecule has 0 spiro atoms. The summed E-state index contributed by atoms with van der Waals surface area (Å²) in [5, 5.41) is 6.12. The molecule has 3 rings (SSSR count). The van der Waals surface area contributed by atoms with Gasteiger partial charge in [-0.15, -0.1) is 0 Å². The fraction of sp³-hybridized carbons (Fsp3) is 0.562. The quantitative estimate of drug-likeness (QED) is 0.821. The van der Waals surface area contributed by atoms with Crippen molar-refractivity contribution in [2.24, 2.45) is 5.92 Å². The summed E-state index contributed by atoms with van der Waals surface area (Å²) >= 11 is 3.55. The van der Waals surface area contributed by atoms with Crippen LogP contribution in [0.2, 0.25) is 0 Å². The van der Waals surface area contributed by atoms with Crippen LogP contribution in [0, 0.1) is 5.92 Å². The first-order chi connectivity index (χ1) is 10.2. The van der Waals surface area contributed by atoms with Crippen LogP contribution < -0.4 is 15.4 Å². The van der Waals surface area contributed by atoms with E-state index in [0.29, 0.717) is 0 Å². The molecular formula is C16H21BrN2O2. The second-order valence-electron chi connectivity index (χ2n) is 5.78. The molecule has 114 valence electrons. The number of rotatable bonds is 6. The van der Waals surface area contributed by atoms with Crippen molar-refractivity contribution in [3.8, 4) is 5.75 Å². The SMILES string of the molecule is CCNC1C(=O)Nc2cc(OCCC3CCC3)c(Br)cc21. The molecule has 1 unspecified atom stereocenters. The average molecular weight is 353 g/mol. The van der Waals surface area contributed by atoms with Gasteiger partial charge in [0.15, 0.2) is 0 Å². The van der Waals surface area contributed by atoms with E-state index in [2.05, 4.69) is 26.6 Å². The molecule has 1 saturated carbocycles. The van der Waals surface area contributed by atoms with Gasteiger partial charge in [-0.25, -0.2) is 0 Å². The monoisotopic (exact) mass is 352 g/mol. The number of amides is 1. The van der Waals surface area contributed by atoms with Crippen molar-refractivity contribution in [1.29, 1.82) is 0 Å².